The number of Topliss-reactive ketones (excluding diaryl/α,β-unsaturated/α-hetero) is 1. The number of fused-ring (bicyclic) bond motifs is 1. The molecule has 0 heterocycles. The van der Waals surface area contributed by atoms with Gasteiger partial charge < -0.3 is 0 Å². The van der Waals surface area contributed by atoms with Gasteiger partial charge in [-0.25, -0.2) is 0 Å². The summed E-state index contributed by atoms with van der Waals surface area (Å²) < 4.78 is 0. The minimum atomic E-state index is -0.338. The van der Waals surface area contributed by atoms with Gasteiger partial charge in [-0.05, 0) is 42.2 Å². The van der Waals surface area contributed by atoms with E-state index in [0.29, 0.717) is 18.6 Å². The Hall–Kier alpha value is -1.71. The van der Waals surface area contributed by atoms with Gasteiger partial charge in [0.2, 0.25) is 0 Å². The molecule has 0 aliphatic heterocycles. The van der Waals surface area contributed by atoms with Gasteiger partial charge in [0.15, 0.2) is 0 Å². The van der Waals surface area contributed by atoms with Crippen molar-refractivity contribution in [2.24, 2.45) is 5.41 Å². The summed E-state index contributed by atoms with van der Waals surface area (Å²) in [6, 6.07) is 5.19. The summed E-state index contributed by atoms with van der Waals surface area (Å²) in [5, 5.41) is 10.8. The van der Waals surface area contributed by atoms with Crippen LogP contribution in [-0.4, -0.2) is 10.7 Å². The second-order valence-electron chi connectivity index (χ2n) is 5.60. The molecule has 1 aromatic carbocycles. The smallest absolute Gasteiger partial charge is 0.269 e. The summed E-state index contributed by atoms with van der Waals surface area (Å²) in [6.07, 6.45) is 5.11. The van der Waals surface area contributed by atoms with Crippen molar-refractivity contribution in [1.29, 1.82) is 0 Å². The highest BCUT2D eigenvalue weighted by atomic mass is 16.6. The largest absolute Gasteiger partial charge is 0.300 e. The lowest BCUT2D eigenvalue weighted by atomic mass is 9.72. The van der Waals surface area contributed by atoms with Crippen molar-refractivity contribution in [1.82, 2.24) is 0 Å². The average molecular weight is 245 g/mol. The van der Waals surface area contributed by atoms with Gasteiger partial charge >= 0.3 is 0 Å². The maximum absolute atomic E-state index is 11.3. The zero-order chi connectivity index (χ0) is 12.8. The van der Waals surface area contributed by atoms with Crippen molar-refractivity contribution in [2.75, 3.05) is 0 Å². The van der Waals surface area contributed by atoms with Crippen molar-refractivity contribution in [3.05, 3.63) is 39.4 Å². The lowest BCUT2D eigenvalue weighted by molar-refractivity contribution is -0.384. The van der Waals surface area contributed by atoms with Gasteiger partial charge in [0, 0.05) is 25.0 Å². The number of non-ortho nitro benzene ring substituents is 1. The van der Waals surface area contributed by atoms with E-state index in [0.717, 1.165) is 31.2 Å². The van der Waals surface area contributed by atoms with E-state index in [4.69, 9.17) is 0 Å². The molecule has 1 saturated carbocycles. The summed E-state index contributed by atoms with van der Waals surface area (Å²) >= 11 is 0. The standard InChI is InChI=1S/C14H15NO3/c16-13-3-5-14(6-4-13)8-10-1-2-12(15(17)18)7-11(10)9-14/h1-2,7H,3-6,8-9H2. The fraction of sp³-hybridized carbons (Fsp3) is 0.500. The van der Waals surface area contributed by atoms with Gasteiger partial charge in [-0.1, -0.05) is 6.07 Å². The molecule has 18 heavy (non-hydrogen) atoms. The van der Waals surface area contributed by atoms with Crippen LogP contribution in [0.2, 0.25) is 0 Å². The molecular weight excluding hydrogens is 230 g/mol. The fourth-order valence-corrected chi connectivity index (χ4v) is 3.35. The van der Waals surface area contributed by atoms with Crippen molar-refractivity contribution in [3.8, 4) is 0 Å². The first-order valence-electron chi connectivity index (χ1n) is 6.36. The molecule has 94 valence electrons. The number of benzene rings is 1. The maximum Gasteiger partial charge on any atom is 0.269 e. The van der Waals surface area contributed by atoms with Gasteiger partial charge in [-0.2, -0.15) is 0 Å². The molecule has 1 spiro atoms. The van der Waals surface area contributed by atoms with E-state index in [9.17, 15) is 14.9 Å². The molecule has 0 saturated heterocycles. The first-order valence-corrected chi connectivity index (χ1v) is 6.36. The van der Waals surface area contributed by atoms with Crippen LogP contribution in [0.15, 0.2) is 18.2 Å². The molecule has 2 aliphatic rings. The molecule has 0 unspecified atom stereocenters. The average Bonchev–Trinajstić information content (AvgIpc) is 2.70. The summed E-state index contributed by atoms with van der Waals surface area (Å²) in [4.78, 5) is 21.8. The number of nitro groups is 1. The third-order valence-electron chi connectivity index (χ3n) is 4.40. The summed E-state index contributed by atoms with van der Waals surface area (Å²) in [6.45, 7) is 0. The molecule has 0 atom stereocenters. The van der Waals surface area contributed by atoms with E-state index in [1.165, 1.54) is 5.56 Å². The number of nitro benzene ring substituents is 1. The van der Waals surface area contributed by atoms with Crippen LogP contribution in [0.4, 0.5) is 5.69 Å². The number of carbonyl (C=O) groups is 1. The van der Waals surface area contributed by atoms with Gasteiger partial charge in [-0.3, -0.25) is 14.9 Å². The van der Waals surface area contributed by atoms with Crippen LogP contribution in [0.1, 0.15) is 36.8 Å². The van der Waals surface area contributed by atoms with Gasteiger partial charge in [-0.15, -0.1) is 0 Å². The highest BCUT2D eigenvalue weighted by Gasteiger charge is 2.40. The Labute approximate surface area is 105 Å². The highest BCUT2D eigenvalue weighted by molar-refractivity contribution is 5.79. The van der Waals surface area contributed by atoms with Crippen LogP contribution in [0, 0.1) is 15.5 Å². The zero-order valence-corrected chi connectivity index (χ0v) is 10.1. The fourth-order valence-electron chi connectivity index (χ4n) is 3.35. The molecule has 0 radical (unpaired) electrons. The molecule has 0 amide bonds. The Bertz CT molecular complexity index is 526. The quantitative estimate of drug-likeness (QED) is 0.564. The minimum absolute atomic E-state index is 0.178. The predicted molar refractivity (Wildman–Crippen MR) is 66.4 cm³/mol. The molecular formula is C14H15NO3. The van der Waals surface area contributed by atoms with Gasteiger partial charge in [0.25, 0.3) is 5.69 Å². The minimum Gasteiger partial charge on any atom is -0.300 e. The topological polar surface area (TPSA) is 60.2 Å². The normalized spacial score (nSPS) is 21.0. The molecule has 0 aromatic heterocycles. The van der Waals surface area contributed by atoms with Crippen LogP contribution in [-0.2, 0) is 17.6 Å². The molecule has 1 fully saturated rings. The monoisotopic (exact) mass is 245 g/mol. The van der Waals surface area contributed by atoms with E-state index in [1.807, 2.05) is 6.07 Å². The third-order valence-corrected chi connectivity index (χ3v) is 4.40. The number of hydrogen-bond donors (Lipinski definition) is 0. The number of rotatable bonds is 1. The number of hydrogen-bond acceptors (Lipinski definition) is 3. The second-order valence-corrected chi connectivity index (χ2v) is 5.60. The van der Waals surface area contributed by atoms with E-state index in [-0.39, 0.29) is 16.0 Å². The van der Waals surface area contributed by atoms with Crippen LogP contribution in [0.25, 0.3) is 0 Å². The first kappa shape index (κ1) is 11.4. The molecule has 1 aromatic rings. The van der Waals surface area contributed by atoms with Crippen molar-refractivity contribution >= 4 is 11.5 Å². The Balaban J connectivity index is 1.87. The third kappa shape index (κ3) is 1.82. The van der Waals surface area contributed by atoms with Crippen LogP contribution < -0.4 is 0 Å². The lowest BCUT2D eigenvalue weighted by Gasteiger charge is -2.32. The van der Waals surface area contributed by atoms with Gasteiger partial charge in [0.1, 0.15) is 5.78 Å². The Morgan fingerprint density at radius 1 is 1.11 bits per heavy atom. The van der Waals surface area contributed by atoms with Crippen molar-refractivity contribution in [2.45, 2.75) is 38.5 Å². The lowest BCUT2D eigenvalue weighted by Crippen LogP contribution is -2.28. The van der Waals surface area contributed by atoms with E-state index in [2.05, 4.69) is 0 Å². The molecule has 4 heteroatoms. The summed E-state index contributed by atoms with van der Waals surface area (Å²) in [5.41, 5.74) is 2.72. The maximum atomic E-state index is 11.3. The summed E-state index contributed by atoms with van der Waals surface area (Å²) in [7, 11) is 0. The molecule has 2 aliphatic carbocycles. The van der Waals surface area contributed by atoms with Gasteiger partial charge in [0.05, 0.1) is 4.92 Å². The molecule has 0 N–H and O–H groups in total. The first-order chi connectivity index (χ1) is 8.58. The van der Waals surface area contributed by atoms with E-state index in [1.54, 1.807) is 12.1 Å². The molecule has 4 nitrogen and oxygen atoms in total. The van der Waals surface area contributed by atoms with Crippen LogP contribution in [0.5, 0.6) is 0 Å². The van der Waals surface area contributed by atoms with Crippen molar-refractivity contribution in [3.63, 3.8) is 0 Å². The predicted octanol–water partition coefficient (Wildman–Crippen LogP) is 2.82. The zero-order valence-electron chi connectivity index (χ0n) is 10.1. The Kier molecular flexibility index (Phi) is 2.47. The Morgan fingerprint density at radius 3 is 2.44 bits per heavy atom. The molecule has 3 rings (SSSR count). The Morgan fingerprint density at radius 2 is 1.78 bits per heavy atom. The number of ketones is 1. The van der Waals surface area contributed by atoms with Crippen molar-refractivity contribution < 1.29 is 9.72 Å². The molecule has 0 bridgehead atoms. The van der Waals surface area contributed by atoms with E-state index < -0.39 is 0 Å². The SMILES string of the molecule is O=C1CCC2(CC1)Cc1ccc([N+](=O)[O-])cc1C2. The number of nitrogens with zero attached hydrogens (tertiary/aromatic N) is 1. The second kappa shape index (κ2) is 3.90. The van der Waals surface area contributed by atoms with Crippen LogP contribution >= 0.6 is 0 Å². The number of carbonyl (C=O) groups excluding carboxylic acids is 1. The highest BCUT2D eigenvalue weighted by Crippen LogP contribution is 2.47. The van der Waals surface area contributed by atoms with Crippen LogP contribution in [0.3, 0.4) is 0 Å². The summed E-state index contributed by atoms with van der Waals surface area (Å²) in [5.74, 6) is 0.363. The van der Waals surface area contributed by atoms with E-state index >= 15 is 0 Å².